The number of aldehydes is 1. The maximum Gasteiger partial charge on any atom is 0.166 e. The van der Waals surface area contributed by atoms with Gasteiger partial charge in [0.15, 0.2) is 12.1 Å². The van der Waals surface area contributed by atoms with Crippen LogP contribution in [0, 0.1) is 6.92 Å². The molecule has 0 bridgehead atoms. The number of ketones is 1. The van der Waals surface area contributed by atoms with E-state index in [0.717, 1.165) is 33.9 Å². The third-order valence-electron chi connectivity index (χ3n) is 4.31. The van der Waals surface area contributed by atoms with Gasteiger partial charge in [0, 0.05) is 29.1 Å². The van der Waals surface area contributed by atoms with Crippen LogP contribution in [-0.4, -0.2) is 22.0 Å². The molecule has 0 aliphatic rings. The quantitative estimate of drug-likeness (QED) is 0.543. The molecule has 25 heavy (non-hydrogen) atoms. The van der Waals surface area contributed by atoms with Crippen LogP contribution >= 0.6 is 0 Å². The number of fused-ring (bicyclic) bond motifs is 1. The number of carbonyl (C=O) groups excluding carboxylic acids is 2. The Morgan fingerprint density at radius 1 is 1.24 bits per heavy atom. The standard InChI is InChI=1S/C21H20N2O2/c1-4-16(14-7-6-8-15(10-14)19(25)5-2)20-17-9-13(3)11-22-21(17)23-18(20)12-24/h4,6-12H,5H2,1-3H3,(H,22,23)/b16-4-. The van der Waals surface area contributed by atoms with E-state index in [-0.39, 0.29) is 5.78 Å². The van der Waals surface area contributed by atoms with E-state index in [0.29, 0.717) is 23.3 Å². The highest BCUT2D eigenvalue weighted by molar-refractivity contribution is 6.04. The first-order chi connectivity index (χ1) is 12.1. The van der Waals surface area contributed by atoms with Crippen molar-refractivity contribution in [3.8, 4) is 0 Å². The van der Waals surface area contributed by atoms with Crippen molar-refractivity contribution in [1.29, 1.82) is 0 Å². The Labute approximate surface area is 146 Å². The summed E-state index contributed by atoms with van der Waals surface area (Å²) in [5.41, 5.74) is 5.52. The molecule has 126 valence electrons. The van der Waals surface area contributed by atoms with Crippen molar-refractivity contribution in [2.45, 2.75) is 27.2 Å². The molecule has 0 amide bonds. The first-order valence-corrected chi connectivity index (χ1v) is 8.32. The number of nitrogens with zero attached hydrogens (tertiary/aromatic N) is 1. The summed E-state index contributed by atoms with van der Waals surface area (Å²) in [6, 6.07) is 9.56. The first kappa shape index (κ1) is 16.8. The topological polar surface area (TPSA) is 62.8 Å². The molecule has 0 aliphatic carbocycles. The molecule has 0 aliphatic heterocycles. The van der Waals surface area contributed by atoms with Gasteiger partial charge in [-0.1, -0.05) is 31.2 Å². The lowest BCUT2D eigenvalue weighted by Gasteiger charge is -2.10. The molecule has 0 radical (unpaired) electrons. The van der Waals surface area contributed by atoms with E-state index in [4.69, 9.17) is 0 Å². The molecule has 0 spiro atoms. The van der Waals surface area contributed by atoms with Gasteiger partial charge < -0.3 is 4.98 Å². The summed E-state index contributed by atoms with van der Waals surface area (Å²) < 4.78 is 0. The number of H-pyrrole nitrogens is 1. The van der Waals surface area contributed by atoms with Gasteiger partial charge in [0.1, 0.15) is 5.65 Å². The lowest BCUT2D eigenvalue weighted by Crippen LogP contribution is -1.99. The van der Waals surface area contributed by atoms with Gasteiger partial charge in [-0.05, 0) is 42.7 Å². The molecular formula is C21H20N2O2. The zero-order valence-electron chi connectivity index (χ0n) is 14.6. The molecule has 1 aromatic carbocycles. The Morgan fingerprint density at radius 3 is 2.68 bits per heavy atom. The predicted molar refractivity (Wildman–Crippen MR) is 100 cm³/mol. The van der Waals surface area contributed by atoms with Crippen LogP contribution < -0.4 is 0 Å². The summed E-state index contributed by atoms with van der Waals surface area (Å²) in [5, 5.41) is 0.905. The maximum atomic E-state index is 12.1. The Hall–Kier alpha value is -3.01. The molecule has 1 N–H and O–H groups in total. The van der Waals surface area contributed by atoms with Crippen LogP contribution in [0.3, 0.4) is 0 Å². The number of aryl methyl sites for hydroxylation is 1. The summed E-state index contributed by atoms with van der Waals surface area (Å²) in [6.45, 7) is 5.75. The molecule has 3 aromatic rings. The van der Waals surface area contributed by atoms with E-state index in [1.54, 1.807) is 6.20 Å². The molecule has 0 saturated heterocycles. The number of carbonyl (C=O) groups is 2. The summed E-state index contributed by atoms with van der Waals surface area (Å²) >= 11 is 0. The second-order valence-corrected chi connectivity index (χ2v) is 6.00. The van der Waals surface area contributed by atoms with E-state index in [1.807, 2.05) is 57.2 Å². The highest BCUT2D eigenvalue weighted by Gasteiger charge is 2.17. The van der Waals surface area contributed by atoms with Gasteiger partial charge in [-0.3, -0.25) is 9.59 Å². The van der Waals surface area contributed by atoms with Gasteiger partial charge >= 0.3 is 0 Å². The van der Waals surface area contributed by atoms with Gasteiger partial charge in [0.2, 0.25) is 0 Å². The number of hydrogen-bond donors (Lipinski definition) is 1. The van der Waals surface area contributed by atoms with Crippen molar-refractivity contribution in [2.24, 2.45) is 0 Å². The fourth-order valence-electron chi connectivity index (χ4n) is 3.09. The maximum absolute atomic E-state index is 12.1. The number of aromatic nitrogens is 2. The normalized spacial score (nSPS) is 11.7. The number of Topliss-reactive ketones (excluding diaryl/α,β-unsaturated/α-hetero) is 1. The molecule has 4 heteroatoms. The number of pyridine rings is 1. The molecule has 0 fully saturated rings. The second kappa shape index (κ2) is 6.85. The number of hydrogen-bond acceptors (Lipinski definition) is 3. The molecule has 0 unspecified atom stereocenters. The van der Waals surface area contributed by atoms with Crippen LogP contribution in [0.5, 0.6) is 0 Å². The molecule has 2 heterocycles. The predicted octanol–water partition coefficient (Wildman–Crippen LogP) is 4.73. The second-order valence-electron chi connectivity index (χ2n) is 6.00. The first-order valence-electron chi connectivity index (χ1n) is 8.32. The summed E-state index contributed by atoms with van der Waals surface area (Å²) in [6.07, 6.45) is 5.02. The molecular weight excluding hydrogens is 312 g/mol. The molecule has 2 aromatic heterocycles. The zero-order chi connectivity index (χ0) is 18.0. The Bertz CT molecular complexity index is 996. The third kappa shape index (κ3) is 3.03. The number of benzene rings is 1. The van der Waals surface area contributed by atoms with Crippen molar-refractivity contribution in [2.75, 3.05) is 0 Å². The monoisotopic (exact) mass is 332 g/mol. The SMILES string of the molecule is C/C=C(/c1cccc(C(=O)CC)c1)c1c(C=O)[nH]c2ncc(C)cc12. The number of rotatable bonds is 5. The van der Waals surface area contributed by atoms with Crippen LogP contribution in [0.2, 0.25) is 0 Å². The Balaban J connectivity index is 2.23. The third-order valence-corrected chi connectivity index (χ3v) is 4.31. The van der Waals surface area contributed by atoms with Crippen molar-refractivity contribution >= 4 is 28.7 Å². The van der Waals surface area contributed by atoms with Gasteiger partial charge in [-0.2, -0.15) is 0 Å². The van der Waals surface area contributed by atoms with E-state index in [2.05, 4.69) is 9.97 Å². The molecule has 0 atom stereocenters. The lowest BCUT2D eigenvalue weighted by atomic mass is 9.93. The van der Waals surface area contributed by atoms with Crippen molar-refractivity contribution < 1.29 is 9.59 Å². The van der Waals surface area contributed by atoms with Gasteiger partial charge in [-0.15, -0.1) is 0 Å². The average Bonchev–Trinajstić information content (AvgIpc) is 3.00. The fraction of sp³-hybridized carbons (Fsp3) is 0.190. The summed E-state index contributed by atoms with van der Waals surface area (Å²) in [5.74, 6) is 0.101. The van der Waals surface area contributed by atoms with Gasteiger partial charge in [-0.25, -0.2) is 4.98 Å². The van der Waals surface area contributed by atoms with E-state index in [1.165, 1.54) is 0 Å². The lowest BCUT2D eigenvalue weighted by molar-refractivity contribution is 0.0987. The number of allylic oxidation sites excluding steroid dienone is 1. The van der Waals surface area contributed by atoms with Crippen molar-refractivity contribution in [1.82, 2.24) is 9.97 Å². The Morgan fingerprint density at radius 2 is 2.00 bits per heavy atom. The summed E-state index contributed by atoms with van der Waals surface area (Å²) in [7, 11) is 0. The molecule has 3 rings (SSSR count). The van der Waals surface area contributed by atoms with Crippen molar-refractivity contribution in [3.63, 3.8) is 0 Å². The van der Waals surface area contributed by atoms with Crippen LogP contribution in [0.25, 0.3) is 16.6 Å². The minimum Gasteiger partial charge on any atom is -0.337 e. The average molecular weight is 332 g/mol. The summed E-state index contributed by atoms with van der Waals surface area (Å²) in [4.78, 5) is 31.1. The van der Waals surface area contributed by atoms with E-state index in [9.17, 15) is 9.59 Å². The Kier molecular flexibility index (Phi) is 4.61. The van der Waals surface area contributed by atoms with Crippen LogP contribution in [0.15, 0.2) is 42.6 Å². The highest BCUT2D eigenvalue weighted by atomic mass is 16.1. The minimum atomic E-state index is 0.101. The van der Waals surface area contributed by atoms with E-state index < -0.39 is 0 Å². The highest BCUT2D eigenvalue weighted by Crippen LogP contribution is 2.32. The van der Waals surface area contributed by atoms with Gasteiger partial charge in [0.05, 0.1) is 5.69 Å². The van der Waals surface area contributed by atoms with Gasteiger partial charge in [0.25, 0.3) is 0 Å². The zero-order valence-corrected chi connectivity index (χ0v) is 14.6. The van der Waals surface area contributed by atoms with Crippen LogP contribution in [-0.2, 0) is 0 Å². The fourth-order valence-corrected chi connectivity index (χ4v) is 3.09. The molecule has 0 saturated carbocycles. The van der Waals surface area contributed by atoms with Crippen LogP contribution in [0.4, 0.5) is 0 Å². The van der Waals surface area contributed by atoms with E-state index >= 15 is 0 Å². The van der Waals surface area contributed by atoms with Crippen molar-refractivity contribution in [3.05, 3.63) is 70.6 Å². The minimum absolute atomic E-state index is 0.101. The molecule has 4 nitrogen and oxygen atoms in total. The number of aromatic amines is 1. The largest absolute Gasteiger partial charge is 0.337 e. The number of nitrogens with one attached hydrogen (secondary N) is 1. The van der Waals surface area contributed by atoms with Crippen LogP contribution in [0.1, 0.15) is 57.8 Å². The smallest absolute Gasteiger partial charge is 0.166 e.